The van der Waals surface area contributed by atoms with Gasteiger partial charge in [-0.05, 0) is 37.4 Å². The summed E-state index contributed by atoms with van der Waals surface area (Å²) < 4.78 is 2.02. The highest BCUT2D eigenvalue weighted by atomic mass is 16.3. The van der Waals surface area contributed by atoms with Gasteiger partial charge in [-0.2, -0.15) is 5.10 Å². The first kappa shape index (κ1) is 14.3. The second-order valence-electron chi connectivity index (χ2n) is 5.96. The van der Waals surface area contributed by atoms with Crippen molar-refractivity contribution in [3.63, 3.8) is 0 Å². The minimum absolute atomic E-state index is 0.411. The van der Waals surface area contributed by atoms with E-state index in [2.05, 4.69) is 23.1 Å². The molecule has 1 aliphatic heterocycles. The molecular weight excluding hydrogens is 262 g/mol. The van der Waals surface area contributed by atoms with Crippen LogP contribution in [0.4, 0.5) is 0 Å². The molecule has 112 valence electrons. The maximum atomic E-state index is 10.4. The first-order valence-electron chi connectivity index (χ1n) is 7.68. The summed E-state index contributed by atoms with van der Waals surface area (Å²) in [6.45, 7) is 4.74. The maximum Gasteiger partial charge on any atom is 0.0917 e. The minimum Gasteiger partial charge on any atom is -0.387 e. The lowest BCUT2D eigenvalue weighted by Gasteiger charge is -2.27. The summed E-state index contributed by atoms with van der Waals surface area (Å²) in [6, 6.07) is 10.4. The Bertz CT molecular complexity index is 566. The van der Waals surface area contributed by atoms with Crippen LogP contribution in [0.25, 0.3) is 0 Å². The van der Waals surface area contributed by atoms with Gasteiger partial charge in [-0.3, -0.25) is 9.58 Å². The third-order valence-electron chi connectivity index (χ3n) is 4.25. The van der Waals surface area contributed by atoms with Gasteiger partial charge in [0.2, 0.25) is 0 Å². The Kier molecular flexibility index (Phi) is 4.36. The average Bonchev–Trinajstić information content (AvgIpc) is 3.10. The van der Waals surface area contributed by atoms with E-state index in [0.29, 0.717) is 12.6 Å². The van der Waals surface area contributed by atoms with Gasteiger partial charge < -0.3 is 5.11 Å². The van der Waals surface area contributed by atoms with Crippen molar-refractivity contribution in [3.8, 4) is 0 Å². The molecule has 0 saturated carbocycles. The van der Waals surface area contributed by atoms with Crippen molar-refractivity contribution in [1.82, 2.24) is 14.7 Å². The van der Waals surface area contributed by atoms with E-state index in [0.717, 1.165) is 18.7 Å². The average molecular weight is 285 g/mol. The van der Waals surface area contributed by atoms with Crippen LogP contribution in [0.15, 0.2) is 42.7 Å². The Morgan fingerprint density at radius 2 is 2.14 bits per heavy atom. The summed E-state index contributed by atoms with van der Waals surface area (Å²) in [7, 11) is 0. The number of aliphatic hydroxyl groups excluding tert-OH is 1. The number of rotatable bonds is 5. The molecule has 1 N–H and O–H groups in total. The van der Waals surface area contributed by atoms with Crippen LogP contribution in [0.3, 0.4) is 0 Å². The van der Waals surface area contributed by atoms with E-state index in [1.165, 1.54) is 18.4 Å². The van der Waals surface area contributed by atoms with Gasteiger partial charge in [0, 0.05) is 18.8 Å². The van der Waals surface area contributed by atoms with Crippen LogP contribution in [0.5, 0.6) is 0 Å². The fraction of sp³-hybridized carbons (Fsp3) is 0.471. The van der Waals surface area contributed by atoms with Crippen LogP contribution >= 0.6 is 0 Å². The molecule has 2 atom stereocenters. The molecule has 1 saturated heterocycles. The number of hydrogen-bond donors (Lipinski definition) is 1. The molecule has 0 bridgehead atoms. The number of benzene rings is 1. The van der Waals surface area contributed by atoms with Crippen molar-refractivity contribution in [3.05, 3.63) is 53.9 Å². The van der Waals surface area contributed by atoms with Crippen LogP contribution in [-0.2, 0) is 6.54 Å². The minimum atomic E-state index is -0.411. The number of nitrogens with zero attached hydrogens (tertiary/aromatic N) is 3. The predicted molar refractivity (Wildman–Crippen MR) is 83.0 cm³/mol. The predicted octanol–water partition coefficient (Wildman–Crippen LogP) is 2.39. The molecule has 1 fully saturated rings. The normalized spacial score (nSPS) is 20.8. The van der Waals surface area contributed by atoms with Gasteiger partial charge in [-0.25, -0.2) is 0 Å². The number of hydrogen-bond acceptors (Lipinski definition) is 3. The van der Waals surface area contributed by atoms with Gasteiger partial charge in [-0.15, -0.1) is 0 Å². The van der Waals surface area contributed by atoms with E-state index in [-0.39, 0.29) is 0 Å². The lowest BCUT2D eigenvalue weighted by molar-refractivity contribution is 0.100. The lowest BCUT2D eigenvalue weighted by atomic mass is 10.1. The van der Waals surface area contributed by atoms with Crippen LogP contribution in [0.1, 0.15) is 30.1 Å². The van der Waals surface area contributed by atoms with Crippen molar-refractivity contribution < 1.29 is 5.11 Å². The second kappa shape index (κ2) is 6.41. The van der Waals surface area contributed by atoms with Crippen molar-refractivity contribution in [2.45, 2.75) is 38.5 Å². The quantitative estimate of drug-likeness (QED) is 0.917. The van der Waals surface area contributed by atoms with Crippen LogP contribution in [0.2, 0.25) is 0 Å². The molecule has 2 heterocycles. The molecule has 21 heavy (non-hydrogen) atoms. The number of aryl methyl sites for hydroxylation is 1. The third kappa shape index (κ3) is 3.52. The topological polar surface area (TPSA) is 41.3 Å². The van der Waals surface area contributed by atoms with Crippen molar-refractivity contribution in [2.24, 2.45) is 0 Å². The molecule has 0 unspecified atom stereocenters. The fourth-order valence-electron chi connectivity index (χ4n) is 3.13. The lowest BCUT2D eigenvalue weighted by Crippen LogP contribution is -2.36. The van der Waals surface area contributed by atoms with Crippen molar-refractivity contribution in [1.29, 1.82) is 0 Å². The SMILES string of the molecule is Cc1cnn(C[C@@H]2CCCN2C[C@H](O)c2ccccc2)c1. The Morgan fingerprint density at radius 1 is 1.33 bits per heavy atom. The highest BCUT2D eigenvalue weighted by molar-refractivity contribution is 5.17. The van der Waals surface area contributed by atoms with Gasteiger partial charge in [0.1, 0.15) is 0 Å². The number of β-amino-alcohol motifs (C(OH)–C–C–N with tert-alkyl or cyclic N) is 1. The highest BCUT2D eigenvalue weighted by Crippen LogP contribution is 2.23. The number of aliphatic hydroxyl groups is 1. The molecule has 1 aliphatic rings. The molecule has 2 aromatic rings. The molecule has 0 amide bonds. The van der Waals surface area contributed by atoms with Gasteiger partial charge >= 0.3 is 0 Å². The van der Waals surface area contributed by atoms with Crippen LogP contribution in [0, 0.1) is 6.92 Å². The molecule has 1 aromatic heterocycles. The first-order chi connectivity index (χ1) is 10.2. The maximum absolute atomic E-state index is 10.4. The largest absolute Gasteiger partial charge is 0.387 e. The molecule has 3 rings (SSSR count). The smallest absolute Gasteiger partial charge is 0.0917 e. The zero-order valence-corrected chi connectivity index (χ0v) is 12.5. The van der Waals surface area contributed by atoms with E-state index < -0.39 is 6.10 Å². The molecule has 4 heteroatoms. The van der Waals surface area contributed by atoms with E-state index >= 15 is 0 Å². The first-order valence-corrected chi connectivity index (χ1v) is 7.68. The number of likely N-dealkylation sites (tertiary alicyclic amines) is 1. The molecule has 0 spiro atoms. The molecule has 0 aliphatic carbocycles. The van der Waals surface area contributed by atoms with E-state index in [4.69, 9.17) is 0 Å². The zero-order chi connectivity index (χ0) is 14.7. The second-order valence-corrected chi connectivity index (χ2v) is 5.96. The summed E-state index contributed by atoms with van der Waals surface area (Å²) in [5, 5.41) is 14.8. The van der Waals surface area contributed by atoms with Crippen molar-refractivity contribution >= 4 is 0 Å². The molecule has 0 radical (unpaired) electrons. The third-order valence-corrected chi connectivity index (χ3v) is 4.25. The van der Waals surface area contributed by atoms with Crippen molar-refractivity contribution in [2.75, 3.05) is 13.1 Å². The summed E-state index contributed by atoms with van der Waals surface area (Å²) in [6.07, 6.45) is 5.96. The molecular formula is C17H23N3O. The fourth-order valence-corrected chi connectivity index (χ4v) is 3.13. The van der Waals surface area contributed by atoms with E-state index in [1.54, 1.807) is 0 Å². The summed E-state index contributed by atoms with van der Waals surface area (Å²) in [4.78, 5) is 2.40. The van der Waals surface area contributed by atoms with Gasteiger partial charge in [0.15, 0.2) is 0 Å². The summed E-state index contributed by atoms with van der Waals surface area (Å²) in [5.74, 6) is 0. The Morgan fingerprint density at radius 3 is 2.86 bits per heavy atom. The number of aromatic nitrogens is 2. The Labute approximate surface area is 126 Å². The van der Waals surface area contributed by atoms with E-state index in [9.17, 15) is 5.11 Å². The van der Waals surface area contributed by atoms with Gasteiger partial charge in [-0.1, -0.05) is 30.3 Å². The highest BCUT2D eigenvalue weighted by Gasteiger charge is 2.27. The van der Waals surface area contributed by atoms with Crippen LogP contribution in [-0.4, -0.2) is 38.9 Å². The van der Waals surface area contributed by atoms with Gasteiger partial charge in [0.25, 0.3) is 0 Å². The Hall–Kier alpha value is -1.65. The monoisotopic (exact) mass is 285 g/mol. The standard InChI is InChI=1S/C17H23N3O/c1-14-10-18-20(11-14)12-16-8-5-9-19(16)13-17(21)15-6-3-2-4-7-15/h2-4,6-7,10-11,16-17,21H,5,8-9,12-13H2,1H3/t16-,17-/m0/s1. The Balaban J connectivity index is 1.61. The summed E-state index contributed by atoms with van der Waals surface area (Å²) >= 11 is 0. The molecule has 1 aromatic carbocycles. The zero-order valence-electron chi connectivity index (χ0n) is 12.5. The van der Waals surface area contributed by atoms with Gasteiger partial charge in [0.05, 0.1) is 18.8 Å². The molecule has 4 nitrogen and oxygen atoms in total. The van der Waals surface area contributed by atoms with E-state index in [1.807, 2.05) is 41.2 Å². The van der Waals surface area contributed by atoms with Crippen LogP contribution < -0.4 is 0 Å². The summed E-state index contributed by atoms with van der Waals surface area (Å²) in [5.41, 5.74) is 2.20.